The molecule has 0 spiro atoms. The molecule has 0 aromatic carbocycles. The molecule has 1 unspecified atom stereocenters. The van der Waals surface area contributed by atoms with Crippen LogP contribution in [-0.4, -0.2) is 33.1 Å². The SMILES string of the molecule is CCNC(C#N)CSc1n[nH]c(=O)n1CC. The Labute approximate surface area is 98.0 Å². The molecule has 1 aromatic rings. The number of nitrogens with zero attached hydrogens (tertiary/aromatic N) is 3. The third kappa shape index (κ3) is 3.12. The van der Waals surface area contributed by atoms with Crippen molar-refractivity contribution < 1.29 is 0 Å². The van der Waals surface area contributed by atoms with Crippen molar-refractivity contribution in [2.45, 2.75) is 31.6 Å². The van der Waals surface area contributed by atoms with Crippen molar-refractivity contribution in [1.29, 1.82) is 5.26 Å². The van der Waals surface area contributed by atoms with Gasteiger partial charge in [-0.2, -0.15) is 5.26 Å². The Kier molecular flexibility index (Phi) is 5.08. The number of aromatic amines is 1. The lowest BCUT2D eigenvalue weighted by atomic mass is 10.4. The van der Waals surface area contributed by atoms with E-state index in [-0.39, 0.29) is 11.7 Å². The van der Waals surface area contributed by atoms with Crippen LogP contribution in [0.4, 0.5) is 0 Å². The normalized spacial score (nSPS) is 12.3. The number of aromatic nitrogens is 3. The molecule has 88 valence electrons. The van der Waals surface area contributed by atoms with Gasteiger partial charge in [-0.1, -0.05) is 18.7 Å². The molecule has 0 saturated carbocycles. The standard InChI is InChI=1S/C9H15N5OS/c1-3-11-7(5-10)6-16-9-13-12-8(15)14(9)4-2/h7,11H,3-4,6H2,1-2H3,(H,12,15). The monoisotopic (exact) mass is 241 g/mol. The van der Waals surface area contributed by atoms with Crippen molar-refractivity contribution in [2.75, 3.05) is 12.3 Å². The van der Waals surface area contributed by atoms with Gasteiger partial charge >= 0.3 is 5.69 Å². The molecule has 0 aliphatic heterocycles. The summed E-state index contributed by atoms with van der Waals surface area (Å²) in [7, 11) is 0. The van der Waals surface area contributed by atoms with Gasteiger partial charge in [-0.3, -0.25) is 4.57 Å². The molecule has 16 heavy (non-hydrogen) atoms. The molecule has 1 atom stereocenters. The molecule has 0 saturated heterocycles. The predicted octanol–water partition coefficient (Wildman–Crippen LogP) is 0.185. The summed E-state index contributed by atoms with van der Waals surface area (Å²) >= 11 is 1.40. The van der Waals surface area contributed by atoms with E-state index in [1.807, 2.05) is 13.8 Å². The minimum absolute atomic E-state index is 0.207. The highest BCUT2D eigenvalue weighted by Crippen LogP contribution is 2.13. The fourth-order valence-corrected chi connectivity index (χ4v) is 2.22. The quantitative estimate of drug-likeness (QED) is 0.694. The predicted molar refractivity (Wildman–Crippen MR) is 62.3 cm³/mol. The Hall–Kier alpha value is -1.26. The lowest BCUT2D eigenvalue weighted by molar-refractivity contribution is 0.653. The van der Waals surface area contributed by atoms with Gasteiger partial charge in [0.15, 0.2) is 5.16 Å². The summed E-state index contributed by atoms with van der Waals surface area (Å²) in [6.07, 6.45) is 0. The van der Waals surface area contributed by atoms with E-state index in [0.29, 0.717) is 17.5 Å². The van der Waals surface area contributed by atoms with E-state index in [1.54, 1.807) is 4.57 Å². The van der Waals surface area contributed by atoms with Crippen LogP contribution in [-0.2, 0) is 6.54 Å². The summed E-state index contributed by atoms with van der Waals surface area (Å²) in [6, 6.07) is 1.94. The van der Waals surface area contributed by atoms with Crippen molar-refractivity contribution in [3.05, 3.63) is 10.5 Å². The average molecular weight is 241 g/mol. The van der Waals surface area contributed by atoms with Gasteiger partial charge in [0.2, 0.25) is 0 Å². The number of nitriles is 1. The van der Waals surface area contributed by atoms with E-state index in [2.05, 4.69) is 21.6 Å². The van der Waals surface area contributed by atoms with Gasteiger partial charge in [-0.15, -0.1) is 5.10 Å². The Morgan fingerprint density at radius 1 is 1.69 bits per heavy atom. The highest BCUT2D eigenvalue weighted by molar-refractivity contribution is 7.99. The van der Waals surface area contributed by atoms with Crippen molar-refractivity contribution >= 4 is 11.8 Å². The summed E-state index contributed by atoms with van der Waals surface area (Å²) in [5.74, 6) is 0.578. The van der Waals surface area contributed by atoms with Crippen LogP contribution in [0.5, 0.6) is 0 Å². The number of nitrogens with one attached hydrogen (secondary N) is 2. The minimum atomic E-state index is -0.216. The zero-order valence-corrected chi connectivity index (χ0v) is 10.2. The molecule has 1 rings (SSSR count). The second-order valence-corrected chi connectivity index (χ2v) is 4.09. The Morgan fingerprint density at radius 2 is 2.44 bits per heavy atom. The number of hydrogen-bond acceptors (Lipinski definition) is 5. The first-order chi connectivity index (χ1) is 7.72. The van der Waals surface area contributed by atoms with Crippen molar-refractivity contribution in [3.63, 3.8) is 0 Å². The molecular formula is C9H15N5OS. The summed E-state index contributed by atoms with van der Waals surface area (Å²) in [5, 5.41) is 18.8. The highest BCUT2D eigenvalue weighted by Gasteiger charge is 2.11. The van der Waals surface area contributed by atoms with Crippen LogP contribution in [0.2, 0.25) is 0 Å². The lowest BCUT2D eigenvalue weighted by Gasteiger charge is -2.08. The van der Waals surface area contributed by atoms with Crippen molar-refractivity contribution in [1.82, 2.24) is 20.1 Å². The second-order valence-electron chi connectivity index (χ2n) is 3.11. The highest BCUT2D eigenvalue weighted by atomic mass is 32.2. The van der Waals surface area contributed by atoms with Crippen LogP contribution in [0.1, 0.15) is 13.8 Å². The van der Waals surface area contributed by atoms with Crippen LogP contribution in [0, 0.1) is 11.3 Å². The zero-order chi connectivity index (χ0) is 12.0. The largest absolute Gasteiger partial charge is 0.343 e. The number of thioether (sulfide) groups is 1. The molecule has 0 aliphatic rings. The van der Waals surface area contributed by atoms with E-state index in [9.17, 15) is 4.79 Å². The van der Waals surface area contributed by atoms with Gasteiger partial charge in [0.25, 0.3) is 0 Å². The molecular weight excluding hydrogens is 226 g/mol. The molecule has 7 heteroatoms. The topological polar surface area (TPSA) is 86.5 Å². The molecule has 2 N–H and O–H groups in total. The zero-order valence-electron chi connectivity index (χ0n) is 9.36. The maximum absolute atomic E-state index is 11.3. The van der Waals surface area contributed by atoms with Crippen LogP contribution in [0.15, 0.2) is 9.95 Å². The molecule has 0 amide bonds. The lowest BCUT2D eigenvalue weighted by Crippen LogP contribution is -2.29. The van der Waals surface area contributed by atoms with Gasteiger partial charge in [0, 0.05) is 12.3 Å². The number of rotatable bonds is 6. The molecule has 6 nitrogen and oxygen atoms in total. The van der Waals surface area contributed by atoms with Crippen molar-refractivity contribution in [2.24, 2.45) is 0 Å². The van der Waals surface area contributed by atoms with E-state index in [4.69, 9.17) is 5.26 Å². The summed E-state index contributed by atoms with van der Waals surface area (Å²) < 4.78 is 1.55. The first-order valence-electron chi connectivity index (χ1n) is 5.13. The molecule has 0 radical (unpaired) electrons. The summed E-state index contributed by atoms with van der Waals surface area (Å²) in [4.78, 5) is 11.3. The molecule has 0 aliphatic carbocycles. The van der Waals surface area contributed by atoms with Crippen LogP contribution < -0.4 is 11.0 Å². The van der Waals surface area contributed by atoms with Gasteiger partial charge in [-0.05, 0) is 13.5 Å². The van der Waals surface area contributed by atoms with Gasteiger partial charge in [0.1, 0.15) is 6.04 Å². The number of hydrogen-bond donors (Lipinski definition) is 2. The fraction of sp³-hybridized carbons (Fsp3) is 0.667. The maximum Gasteiger partial charge on any atom is 0.343 e. The van der Waals surface area contributed by atoms with E-state index in [0.717, 1.165) is 6.54 Å². The van der Waals surface area contributed by atoms with Gasteiger partial charge in [-0.25, -0.2) is 9.89 Å². The number of H-pyrrole nitrogens is 1. The van der Waals surface area contributed by atoms with Crippen LogP contribution >= 0.6 is 11.8 Å². The van der Waals surface area contributed by atoms with E-state index in [1.165, 1.54) is 11.8 Å². The Morgan fingerprint density at radius 3 is 3.00 bits per heavy atom. The second kappa shape index (κ2) is 6.35. The Balaban J connectivity index is 2.60. The fourth-order valence-electron chi connectivity index (χ4n) is 1.24. The van der Waals surface area contributed by atoms with Crippen molar-refractivity contribution in [3.8, 4) is 6.07 Å². The first-order valence-corrected chi connectivity index (χ1v) is 6.12. The summed E-state index contributed by atoms with van der Waals surface area (Å²) in [6.45, 7) is 5.16. The van der Waals surface area contributed by atoms with E-state index >= 15 is 0 Å². The first kappa shape index (κ1) is 12.8. The van der Waals surface area contributed by atoms with Crippen LogP contribution in [0.25, 0.3) is 0 Å². The molecule has 1 aromatic heterocycles. The van der Waals surface area contributed by atoms with Gasteiger partial charge in [0.05, 0.1) is 6.07 Å². The average Bonchev–Trinajstić information content (AvgIpc) is 2.65. The third-order valence-corrected chi connectivity index (χ3v) is 3.09. The van der Waals surface area contributed by atoms with E-state index < -0.39 is 0 Å². The minimum Gasteiger partial charge on any atom is -0.302 e. The third-order valence-electron chi connectivity index (χ3n) is 2.02. The Bertz CT molecular complexity index is 418. The molecule has 0 fully saturated rings. The smallest absolute Gasteiger partial charge is 0.302 e. The molecule has 0 bridgehead atoms. The maximum atomic E-state index is 11.3. The van der Waals surface area contributed by atoms with Gasteiger partial charge < -0.3 is 5.32 Å². The van der Waals surface area contributed by atoms with Crippen LogP contribution in [0.3, 0.4) is 0 Å². The summed E-state index contributed by atoms with van der Waals surface area (Å²) in [5.41, 5.74) is -0.207. The molecule has 1 heterocycles.